The van der Waals surface area contributed by atoms with Gasteiger partial charge < -0.3 is 19.5 Å². The fraction of sp³-hybridized carbons (Fsp3) is 1.00. The first-order chi connectivity index (χ1) is 7.33. The van der Waals surface area contributed by atoms with Crippen molar-refractivity contribution in [1.29, 1.82) is 0 Å². The Morgan fingerprint density at radius 3 is 2.87 bits per heavy atom. The van der Waals surface area contributed by atoms with Crippen molar-refractivity contribution in [3.63, 3.8) is 0 Å². The van der Waals surface area contributed by atoms with Crippen molar-refractivity contribution in [2.45, 2.75) is 25.4 Å². The van der Waals surface area contributed by atoms with Crippen LogP contribution in [0.5, 0.6) is 0 Å². The zero-order chi connectivity index (χ0) is 11.0. The van der Waals surface area contributed by atoms with Crippen molar-refractivity contribution in [2.75, 3.05) is 46.6 Å². The van der Waals surface area contributed by atoms with E-state index in [-0.39, 0.29) is 5.60 Å². The molecule has 1 rings (SSSR count). The standard InChI is InChI=1S/C11H23NO3/c1-3-6-14-8-5-12-9-11(13-2)4-7-15-10-11/h12H,3-10H2,1-2H3. The van der Waals surface area contributed by atoms with Gasteiger partial charge in [-0.2, -0.15) is 0 Å². The van der Waals surface area contributed by atoms with Gasteiger partial charge >= 0.3 is 0 Å². The molecular weight excluding hydrogens is 194 g/mol. The van der Waals surface area contributed by atoms with Gasteiger partial charge in [-0.1, -0.05) is 6.92 Å². The van der Waals surface area contributed by atoms with Crippen LogP contribution in [0.3, 0.4) is 0 Å². The molecule has 0 aromatic heterocycles. The topological polar surface area (TPSA) is 39.7 Å². The SMILES string of the molecule is CCCOCCNCC1(OC)CCOC1. The average molecular weight is 217 g/mol. The Morgan fingerprint density at radius 1 is 1.40 bits per heavy atom. The van der Waals surface area contributed by atoms with E-state index in [4.69, 9.17) is 14.2 Å². The fourth-order valence-corrected chi connectivity index (χ4v) is 1.67. The third kappa shape index (κ3) is 4.47. The van der Waals surface area contributed by atoms with Crippen LogP contribution in [0.1, 0.15) is 19.8 Å². The van der Waals surface area contributed by atoms with Crippen LogP contribution in [0, 0.1) is 0 Å². The zero-order valence-corrected chi connectivity index (χ0v) is 9.88. The molecule has 90 valence electrons. The monoisotopic (exact) mass is 217 g/mol. The molecule has 1 aliphatic rings. The first-order valence-electron chi connectivity index (χ1n) is 5.74. The smallest absolute Gasteiger partial charge is 0.106 e. The molecule has 0 bridgehead atoms. The van der Waals surface area contributed by atoms with Gasteiger partial charge in [0, 0.05) is 39.8 Å². The summed E-state index contributed by atoms with van der Waals surface area (Å²) >= 11 is 0. The molecule has 0 saturated carbocycles. The number of rotatable bonds is 8. The highest BCUT2D eigenvalue weighted by Crippen LogP contribution is 2.21. The number of nitrogens with one attached hydrogen (secondary N) is 1. The second-order valence-corrected chi connectivity index (χ2v) is 3.98. The molecule has 0 aliphatic carbocycles. The van der Waals surface area contributed by atoms with Gasteiger partial charge in [-0.3, -0.25) is 0 Å². The Bertz CT molecular complexity index is 158. The summed E-state index contributed by atoms with van der Waals surface area (Å²) in [6, 6.07) is 0. The van der Waals surface area contributed by atoms with E-state index in [0.29, 0.717) is 6.61 Å². The molecule has 4 heteroatoms. The average Bonchev–Trinajstić information content (AvgIpc) is 2.73. The quantitative estimate of drug-likeness (QED) is 0.611. The summed E-state index contributed by atoms with van der Waals surface area (Å²) in [6.45, 7) is 6.97. The lowest BCUT2D eigenvalue weighted by Crippen LogP contribution is -2.43. The van der Waals surface area contributed by atoms with E-state index >= 15 is 0 Å². The predicted octanol–water partition coefficient (Wildman–Crippen LogP) is 0.808. The van der Waals surface area contributed by atoms with Crippen LogP contribution in [-0.4, -0.2) is 52.2 Å². The predicted molar refractivity (Wildman–Crippen MR) is 59.2 cm³/mol. The van der Waals surface area contributed by atoms with Crippen LogP contribution in [0.2, 0.25) is 0 Å². The highest BCUT2D eigenvalue weighted by Gasteiger charge is 2.34. The van der Waals surface area contributed by atoms with Gasteiger partial charge in [0.15, 0.2) is 0 Å². The van der Waals surface area contributed by atoms with E-state index in [1.807, 2.05) is 0 Å². The van der Waals surface area contributed by atoms with E-state index in [2.05, 4.69) is 12.2 Å². The molecule has 1 unspecified atom stereocenters. The normalized spacial score (nSPS) is 26.0. The van der Waals surface area contributed by atoms with Crippen molar-refractivity contribution < 1.29 is 14.2 Å². The number of hydrogen-bond donors (Lipinski definition) is 1. The summed E-state index contributed by atoms with van der Waals surface area (Å²) in [5, 5.41) is 3.35. The van der Waals surface area contributed by atoms with E-state index in [9.17, 15) is 0 Å². The molecule has 0 radical (unpaired) electrons. The lowest BCUT2D eigenvalue weighted by atomic mass is 10.0. The van der Waals surface area contributed by atoms with Crippen LogP contribution in [-0.2, 0) is 14.2 Å². The molecule has 15 heavy (non-hydrogen) atoms. The summed E-state index contributed by atoms with van der Waals surface area (Å²) in [7, 11) is 1.75. The van der Waals surface area contributed by atoms with Gasteiger partial charge in [0.2, 0.25) is 0 Å². The number of hydrogen-bond acceptors (Lipinski definition) is 4. The van der Waals surface area contributed by atoms with Gasteiger partial charge in [-0.05, 0) is 6.42 Å². The fourth-order valence-electron chi connectivity index (χ4n) is 1.67. The summed E-state index contributed by atoms with van der Waals surface area (Å²) in [5.41, 5.74) is -0.106. The van der Waals surface area contributed by atoms with Gasteiger partial charge in [0.05, 0.1) is 13.2 Å². The number of ether oxygens (including phenoxy) is 3. The van der Waals surface area contributed by atoms with Crippen LogP contribution >= 0.6 is 0 Å². The molecule has 0 aromatic carbocycles. The minimum absolute atomic E-state index is 0.106. The van der Waals surface area contributed by atoms with Gasteiger partial charge in [-0.15, -0.1) is 0 Å². The number of methoxy groups -OCH3 is 1. The summed E-state index contributed by atoms with van der Waals surface area (Å²) in [4.78, 5) is 0. The van der Waals surface area contributed by atoms with Crippen LogP contribution in [0.25, 0.3) is 0 Å². The third-order valence-corrected chi connectivity index (χ3v) is 2.72. The van der Waals surface area contributed by atoms with Gasteiger partial charge in [-0.25, -0.2) is 0 Å². The molecule has 1 aliphatic heterocycles. The van der Waals surface area contributed by atoms with Gasteiger partial charge in [0.25, 0.3) is 0 Å². The van der Waals surface area contributed by atoms with Crippen molar-refractivity contribution >= 4 is 0 Å². The maximum Gasteiger partial charge on any atom is 0.106 e. The first kappa shape index (κ1) is 12.9. The first-order valence-corrected chi connectivity index (χ1v) is 5.74. The van der Waals surface area contributed by atoms with E-state index in [0.717, 1.165) is 45.8 Å². The second kappa shape index (κ2) is 7.17. The molecule has 1 heterocycles. The Kier molecular flexibility index (Phi) is 6.17. The summed E-state index contributed by atoms with van der Waals surface area (Å²) in [5.74, 6) is 0. The maximum absolute atomic E-state index is 5.50. The minimum Gasteiger partial charge on any atom is -0.380 e. The van der Waals surface area contributed by atoms with E-state index < -0.39 is 0 Å². The Morgan fingerprint density at radius 2 is 2.27 bits per heavy atom. The Balaban J connectivity index is 2.02. The highest BCUT2D eigenvalue weighted by molar-refractivity contribution is 4.86. The largest absolute Gasteiger partial charge is 0.380 e. The molecule has 1 atom stereocenters. The molecule has 0 spiro atoms. The molecule has 1 saturated heterocycles. The third-order valence-electron chi connectivity index (χ3n) is 2.72. The molecular formula is C11H23NO3. The molecule has 4 nitrogen and oxygen atoms in total. The molecule has 0 aromatic rings. The highest BCUT2D eigenvalue weighted by atomic mass is 16.5. The van der Waals surface area contributed by atoms with Crippen LogP contribution in [0.4, 0.5) is 0 Å². The Hall–Kier alpha value is -0.160. The van der Waals surface area contributed by atoms with E-state index in [1.165, 1.54) is 0 Å². The van der Waals surface area contributed by atoms with E-state index in [1.54, 1.807) is 7.11 Å². The van der Waals surface area contributed by atoms with Crippen molar-refractivity contribution in [1.82, 2.24) is 5.32 Å². The zero-order valence-electron chi connectivity index (χ0n) is 9.88. The van der Waals surface area contributed by atoms with Crippen molar-refractivity contribution in [3.05, 3.63) is 0 Å². The summed E-state index contributed by atoms with van der Waals surface area (Å²) in [6.07, 6.45) is 2.06. The van der Waals surface area contributed by atoms with Crippen LogP contribution in [0.15, 0.2) is 0 Å². The Labute approximate surface area is 92.3 Å². The van der Waals surface area contributed by atoms with Crippen LogP contribution < -0.4 is 5.32 Å². The minimum atomic E-state index is -0.106. The van der Waals surface area contributed by atoms with Gasteiger partial charge in [0.1, 0.15) is 5.60 Å². The van der Waals surface area contributed by atoms with Crippen molar-refractivity contribution in [2.24, 2.45) is 0 Å². The molecule has 1 fully saturated rings. The lowest BCUT2D eigenvalue weighted by molar-refractivity contribution is -0.0167. The molecule has 1 N–H and O–H groups in total. The maximum atomic E-state index is 5.50. The van der Waals surface area contributed by atoms with Crippen molar-refractivity contribution in [3.8, 4) is 0 Å². The lowest BCUT2D eigenvalue weighted by Gasteiger charge is -2.25. The molecule has 0 amide bonds. The summed E-state index contributed by atoms with van der Waals surface area (Å²) < 4.78 is 16.2. The second-order valence-electron chi connectivity index (χ2n) is 3.98.